The van der Waals surface area contributed by atoms with E-state index in [-0.39, 0.29) is 5.91 Å². The predicted molar refractivity (Wildman–Crippen MR) is 128 cm³/mol. The van der Waals surface area contributed by atoms with Gasteiger partial charge >= 0.3 is 0 Å². The number of carbonyl (C=O) groups is 1. The minimum atomic E-state index is -0.134. The van der Waals surface area contributed by atoms with Crippen LogP contribution >= 0.6 is 0 Å². The van der Waals surface area contributed by atoms with Gasteiger partial charge in [0, 0.05) is 36.8 Å². The van der Waals surface area contributed by atoms with Gasteiger partial charge in [0.1, 0.15) is 11.6 Å². The largest absolute Gasteiger partial charge is 0.494 e. The van der Waals surface area contributed by atoms with Crippen LogP contribution in [0.3, 0.4) is 0 Å². The number of hydrogen-bond donors (Lipinski definition) is 1. The third-order valence-electron chi connectivity index (χ3n) is 6.73. The number of nitrogens with zero attached hydrogens (tertiary/aromatic N) is 3. The SMILES string of the molecule is CCCCOc1ccc(C(=O)Nc2ccc(N3CCC(N(C4CC4)C4CC4)C3)nc2)cc1. The van der Waals surface area contributed by atoms with Crippen molar-refractivity contribution in [2.75, 3.05) is 29.9 Å². The molecule has 2 heterocycles. The summed E-state index contributed by atoms with van der Waals surface area (Å²) in [6.07, 6.45) is 10.7. The number of unbranched alkanes of at least 4 members (excludes halogenated alkanes) is 1. The molecule has 1 atom stereocenters. The van der Waals surface area contributed by atoms with Gasteiger partial charge in [-0.25, -0.2) is 4.98 Å². The Bertz CT molecular complexity index is 894. The van der Waals surface area contributed by atoms with E-state index in [1.807, 2.05) is 24.3 Å². The van der Waals surface area contributed by atoms with Crippen LogP contribution in [0.2, 0.25) is 0 Å². The quantitative estimate of drug-likeness (QED) is 0.549. The van der Waals surface area contributed by atoms with Crippen LogP contribution in [0.15, 0.2) is 42.6 Å². The molecule has 2 aliphatic carbocycles. The van der Waals surface area contributed by atoms with E-state index < -0.39 is 0 Å². The number of rotatable bonds is 10. The Hall–Kier alpha value is -2.60. The van der Waals surface area contributed by atoms with Crippen molar-refractivity contribution < 1.29 is 9.53 Å². The van der Waals surface area contributed by atoms with Crippen molar-refractivity contribution in [2.24, 2.45) is 0 Å². The van der Waals surface area contributed by atoms with Crippen molar-refractivity contribution in [3.63, 3.8) is 0 Å². The van der Waals surface area contributed by atoms with Crippen LogP contribution in [-0.4, -0.2) is 53.6 Å². The number of carbonyl (C=O) groups excluding carboxylic acids is 1. The highest BCUT2D eigenvalue weighted by Crippen LogP contribution is 2.41. The molecular weight excluding hydrogens is 400 g/mol. The van der Waals surface area contributed by atoms with E-state index in [9.17, 15) is 4.79 Å². The Kier molecular flexibility index (Phi) is 6.30. The zero-order valence-corrected chi connectivity index (χ0v) is 19.0. The summed E-state index contributed by atoms with van der Waals surface area (Å²) in [6, 6.07) is 13.6. The van der Waals surface area contributed by atoms with Gasteiger partial charge in [-0.15, -0.1) is 0 Å². The second kappa shape index (κ2) is 9.49. The maximum absolute atomic E-state index is 12.6. The van der Waals surface area contributed by atoms with Gasteiger partial charge in [-0.2, -0.15) is 0 Å². The normalized spacial score (nSPS) is 20.6. The third-order valence-corrected chi connectivity index (χ3v) is 6.73. The van der Waals surface area contributed by atoms with Crippen LogP contribution in [-0.2, 0) is 0 Å². The summed E-state index contributed by atoms with van der Waals surface area (Å²) >= 11 is 0. The highest BCUT2D eigenvalue weighted by atomic mass is 16.5. The molecule has 1 aromatic carbocycles. The van der Waals surface area contributed by atoms with Crippen LogP contribution in [0.4, 0.5) is 11.5 Å². The molecule has 0 spiro atoms. The topological polar surface area (TPSA) is 57.7 Å². The number of hydrogen-bond acceptors (Lipinski definition) is 5. The van der Waals surface area contributed by atoms with E-state index in [2.05, 4.69) is 27.0 Å². The number of aromatic nitrogens is 1. The summed E-state index contributed by atoms with van der Waals surface area (Å²) in [5.41, 5.74) is 1.33. The standard InChI is InChI=1S/C26H34N4O2/c1-2-3-16-32-24-11-4-19(5-12-24)26(31)28-20-6-13-25(27-17-20)29-15-14-23(18-29)30(21-7-8-21)22-9-10-22/h4-6,11-13,17,21-23H,2-3,7-10,14-16,18H2,1H3,(H,28,31). The van der Waals surface area contributed by atoms with Crippen LogP contribution < -0.4 is 15.0 Å². The molecule has 2 aromatic rings. The average molecular weight is 435 g/mol. The zero-order valence-electron chi connectivity index (χ0n) is 19.0. The third kappa shape index (κ3) is 5.07. The summed E-state index contributed by atoms with van der Waals surface area (Å²) in [5.74, 6) is 1.67. The van der Waals surface area contributed by atoms with Crippen molar-refractivity contribution in [3.05, 3.63) is 48.2 Å². The number of amides is 1. The fourth-order valence-corrected chi connectivity index (χ4v) is 4.72. The second-order valence-electron chi connectivity index (χ2n) is 9.38. The van der Waals surface area contributed by atoms with Crippen LogP contribution in [0.1, 0.15) is 62.2 Å². The van der Waals surface area contributed by atoms with Gasteiger partial charge in [-0.1, -0.05) is 13.3 Å². The van der Waals surface area contributed by atoms with Gasteiger partial charge < -0.3 is 15.0 Å². The Morgan fingerprint density at radius 2 is 1.81 bits per heavy atom. The summed E-state index contributed by atoms with van der Waals surface area (Å²) in [7, 11) is 0. The first-order chi connectivity index (χ1) is 15.7. The highest BCUT2D eigenvalue weighted by Gasteiger charge is 2.44. The average Bonchev–Trinajstić information content (AvgIpc) is 3.75. The molecule has 0 radical (unpaired) electrons. The van der Waals surface area contributed by atoms with E-state index in [4.69, 9.17) is 4.74 Å². The number of anilines is 2. The zero-order chi connectivity index (χ0) is 21.9. The van der Waals surface area contributed by atoms with Gasteiger partial charge in [0.05, 0.1) is 18.5 Å². The number of benzene rings is 1. The summed E-state index contributed by atoms with van der Waals surface area (Å²) in [6.45, 7) is 4.97. The fraction of sp³-hybridized carbons (Fsp3) is 0.538. The minimum absolute atomic E-state index is 0.134. The van der Waals surface area contributed by atoms with E-state index in [0.717, 1.165) is 55.3 Å². The Morgan fingerprint density at radius 3 is 2.44 bits per heavy atom. The molecule has 6 heteroatoms. The second-order valence-corrected chi connectivity index (χ2v) is 9.38. The van der Waals surface area contributed by atoms with Crippen molar-refractivity contribution >= 4 is 17.4 Å². The molecule has 1 unspecified atom stereocenters. The van der Waals surface area contributed by atoms with Gasteiger partial charge in [0.25, 0.3) is 5.91 Å². The highest BCUT2D eigenvalue weighted by molar-refractivity contribution is 6.04. The fourth-order valence-electron chi connectivity index (χ4n) is 4.72. The molecule has 0 bridgehead atoms. The van der Waals surface area contributed by atoms with Gasteiger partial charge in [-0.3, -0.25) is 9.69 Å². The summed E-state index contributed by atoms with van der Waals surface area (Å²) < 4.78 is 5.67. The van der Waals surface area contributed by atoms with Gasteiger partial charge in [-0.05, 0) is 74.9 Å². The lowest BCUT2D eigenvalue weighted by molar-refractivity contribution is 0.102. The van der Waals surface area contributed by atoms with Gasteiger partial charge in [0.15, 0.2) is 0 Å². The number of nitrogens with one attached hydrogen (secondary N) is 1. The monoisotopic (exact) mass is 434 g/mol. The Morgan fingerprint density at radius 1 is 1.06 bits per heavy atom. The predicted octanol–water partition coefficient (Wildman–Crippen LogP) is 4.72. The number of ether oxygens (including phenoxy) is 1. The summed E-state index contributed by atoms with van der Waals surface area (Å²) in [4.78, 5) is 22.4. The lowest BCUT2D eigenvalue weighted by Gasteiger charge is -2.29. The smallest absolute Gasteiger partial charge is 0.255 e. The van der Waals surface area contributed by atoms with E-state index in [0.29, 0.717) is 18.2 Å². The molecular formula is C26H34N4O2. The molecule has 1 aliphatic heterocycles. The van der Waals surface area contributed by atoms with Gasteiger partial charge in [0.2, 0.25) is 0 Å². The van der Waals surface area contributed by atoms with Crippen LogP contribution in [0, 0.1) is 0 Å². The lowest BCUT2D eigenvalue weighted by atomic mass is 10.2. The molecule has 3 fully saturated rings. The first kappa shape index (κ1) is 21.3. The molecule has 1 aromatic heterocycles. The molecule has 32 heavy (non-hydrogen) atoms. The maximum Gasteiger partial charge on any atom is 0.255 e. The molecule has 3 aliphatic rings. The van der Waals surface area contributed by atoms with Crippen molar-refractivity contribution in [1.82, 2.24) is 9.88 Å². The molecule has 5 rings (SSSR count). The van der Waals surface area contributed by atoms with E-state index >= 15 is 0 Å². The molecule has 1 amide bonds. The van der Waals surface area contributed by atoms with Crippen LogP contribution in [0.5, 0.6) is 5.75 Å². The Balaban J connectivity index is 1.14. The minimum Gasteiger partial charge on any atom is -0.494 e. The molecule has 2 saturated carbocycles. The van der Waals surface area contributed by atoms with Crippen molar-refractivity contribution in [1.29, 1.82) is 0 Å². The first-order valence-electron chi connectivity index (χ1n) is 12.2. The lowest BCUT2D eigenvalue weighted by Crippen LogP contribution is -2.40. The molecule has 1 saturated heterocycles. The van der Waals surface area contributed by atoms with E-state index in [1.165, 1.54) is 32.1 Å². The first-order valence-corrected chi connectivity index (χ1v) is 12.2. The van der Waals surface area contributed by atoms with E-state index in [1.54, 1.807) is 18.3 Å². The van der Waals surface area contributed by atoms with Crippen LogP contribution in [0.25, 0.3) is 0 Å². The molecule has 1 N–H and O–H groups in total. The Labute approximate surface area is 191 Å². The maximum atomic E-state index is 12.6. The van der Waals surface area contributed by atoms with Crippen molar-refractivity contribution in [3.8, 4) is 5.75 Å². The summed E-state index contributed by atoms with van der Waals surface area (Å²) in [5, 5.41) is 2.95. The van der Waals surface area contributed by atoms with Crippen molar-refractivity contribution in [2.45, 2.75) is 70.0 Å². The molecule has 170 valence electrons. The molecule has 6 nitrogen and oxygen atoms in total. The number of pyridine rings is 1.